The molecule has 0 spiro atoms. The van der Waals surface area contributed by atoms with Crippen LogP contribution in [-0.2, 0) is 4.74 Å². The normalized spacial score (nSPS) is 19.6. The lowest BCUT2D eigenvalue weighted by Crippen LogP contribution is -2.16. The summed E-state index contributed by atoms with van der Waals surface area (Å²) in [6, 6.07) is 9.98. The van der Waals surface area contributed by atoms with Gasteiger partial charge in [-0.15, -0.1) is 0 Å². The van der Waals surface area contributed by atoms with E-state index >= 15 is 0 Å². The monoisotopic (exact) mass is 201 g/mol. The number of hydrogen-bond donors (Lipinski definition) is 1. The topological polar surface area (TPSA) is 21.3 Å². The van der Waals surface area contributed by atoms with Gasteiger partial charge in [0.05, 0.1) is 6.10 Å². The van der Waals surface area contributed by atoms with Crippen LogP contribution in [0, 0.1) is 11.8 Å². The molecule has 2 nitrogen and oxygen atoms in total. The van der Waals surface area contributed by atoms with Crippen LogP contribution < -0.4 is 5.32 Å². The molecule has 1 fully saturated rings. The van der Waals surface area contributed by atoms with Gasteiger partial charge in [-0.25, -0.2) is 0 Å². The molecule has 0 aliphatic carbocycles. The SMILES string of the molecule is C(#Cc1ccccc1)COC1CCNC1. The van der Waals surface area contributed by atoms with E-state index < -0.39 is 0 Å². The van der Waals surface area contributed by atoms with Crippen LogP contribution >= 0.6 is 0 Å². The van der Waals surface area contributed by atoms with Gasteiger partial charge in [0.1, 0.15) is 6.61 Å². The molecule has 1 aromatic carbocycles. The van der Waals surface area contributed by atoms with Gasteiger partial charge in [0.15, 0.2) is 0 Å². The second-order valence-corrected chi connectivity index (χ2v) is 3.59. The van der Waals surface area contributed by atoms with Crippen LogP contribution in [0.2, 0.25) is 0 Å². The van der Waals surface area contributed by atoms with Gasteiger partial charge in [-0.1, -0.05) is 30.0 Å². The second kappa shape index (κ2) is 5.55. The van der Waals surface area contributed by atoms with Gasteiger partial charge in [0.25, 0.3) is 0 Å². The fourth-order valence-corrected chi connectivity index (χ4v) is 1.59. The van der Waals surface area contributed by atoms with Crippen molar-refractivity contribution in [3.05, 3.63) is 35.9 Å². The zero-order valence-electron chi connectivity index (χ0n) is 8.70. The van der Waals surface area contributed by atoms with Gasteiger partial charge in [-0.2, -0.15) is 0 Å². The third-order valence-corrected chi connectivity index (χ3v) is 2.41. The maximum Gasteiger partial charge on any atom is 0.108 e. The molecular weight excluding hydrogens is 186 g/mol. The van der Waals surface area contributed by atoms with Crippen molar-refractivity contribution < 1.29 is 4.74 Å². The minimum Gasteiger partial charge on any atom is -0.364 e. The van der Waals surface area contributed by atoms with Gasteiger partial charge >= 0.3 is 0 Å². The highest BCUT2D eigenvalue weighted by Crippen LogP contribution is 2.02. The first kappa shape index (κ1) is 10.2. The van der Waals surface area contributed by atoms with Crippen molar-refractivity contribution in [3.63, 3.8) is 0 Å². The Balaban J connectivity index is 1.75. The van der Waals surface area contributed by atoms with E-state index in [0.29, 0.717) is 12.7 Å². The summed E-state index contributed by atoms with van der Waals surface area (Å²) in [6.45, 7) is 2.56. The van der Waals surface area contributed by atoms with Crippen molar-refractivity contribution in [2.75, 3.05) is 19.7 Å². The van der Waals surface area contributed by atoms with Gasteiger partial charge in [0.2, 0.25) is 0 Å². The lowest BCUT2D eigenvalue weighted by atomic mass is 10.2. The van der Waals surface area contributed by atoms with Crippen LogP contribution in [0.25, 0.3) is 0 Å². The van der Waals surface area contributed by atoms with Gasteiger partial charge in [-0.05, 0) is 25.1 Å². The molecule has 1 atom stereocenters. The quantitative estimate of drug-likeness (QED) is 0.731. The highest BCUT2D eigenvalue weighted by molar-refractivity contribution is 5.33. The highest BCUT2D eigenvalue weighted by Gasteiger charge is 2.13. The van der Waals surface area contributed by atoms with Crippen molar-refractivity contribution >= 4 is 0 Å². The van der Waals surface area contributed by atoms with E-state index in [4.69, 9.17) is 4.74 Å². The van der Waals surface area contributed by atoms with Crippen LogP contribution in [0.5, 0.6) is 0 Å². The van der Waals surface area contributed by atoms with Crippen molar-refractivity contribution in [3.8, 4) is 11.8 Å². The van der Waals surface area contributed by atoms with Crippen LogP contribution in [-0.4, -0.2) is 25.8 Å². The van der Waals surface area contributed by atoms with Crippen molar-refractivity contribution in [1.29, 1.82) is 0 Å². The van der Waals surface area contributed by atoms with E-state index in [2.05, 4.69) is 17.2 Å². The first-order valence-corrected chi connectivity index (χ1v) is 5.31. The molecule has 78 valence electrons. The Bertz CT molecular complexity index is 344. The van der Waals surface area contributed by atoms with E-state index in [1.54, 1.807) is 0 Å². The van der Waals surface area contributed by atoms with Gasteiger partial charge < -0.3 is 10.1 Å². The molecule has 2 rings (SSSR count). The smallest absolute Gasteiger partial charge is 0.108 e. The second-order valence-electron chi connectivity index (χ2n) is 3.59. The van der Waals surface area contributed by atoms with Crippen molar-refractivity contribution in [2.24, 2.45) is 0 Å². The number of hydrogen-bond acceptors (Lipinski definition) is 2. The summed E-state index contributed by atoms with van der Waals surface area (Å²) in [5, 5.41) is 3.26. The molecule has 0 saturated carbocycles. The van der Waals surface area contributed by atoms with E-state index in [-0.39, 0.29) is 0 Å². The molecule has 1 N–H and O–H groups in total. The standard InChI is InChI=1S/C13H15NO/c1-2-5-12(6-3-1)7-4-10-15-13-8-9-14-11-13/h1-3,5-6,13-14H,8-11H2. The van der Waals surface area contributed by atoms with E-state index in [1.165, 1.54) is 0 Å². The molecule has 1 saturated heterocycles. The molecule has 1 heterocycles. The van der Waals surface area contributed by atoms with E-state index in [9.17, 15) is 0 Å². The molecule has 0 bridgehead atoms. The summed E-state index contributed by atoms with van der Waals surface area (Å²) in [5.74, 6) is 6.10. The van der Waals surface area contributed by atoms with Gasteiger partial charge in [0, 0.05) is 12.1 Å². The Kier molecular flexibility index (Phi) is 3.78. The molecule has 0 aromatic heterocycles. The lowest BCUT2D eigenvalue weighted by molar-refractivity contribution is 0.0933. The zero-order chi connectivity index (χ0) is 10.3. The summed E-state index contributed by atoms with van der Waals surface area (Å²) < 4.78 is 5.59. The average Bonchev–Trinajstić information content (AvgIpc) is 2.79. The molecule has 15 heavy (non-hydrogen) atoms. The molecule has 1 aliphatic heterocycles. The van der Waals surface area contributed by atoms with Crippen molar-refractivity contribution in [2.45, 2.75) is 12.5 Å². The Hall–Kier alpha value is -1.30. The number of nitrogens with one attached hydrogen (secondary N) is 1. The molecule has 1 aliphatic rings. The highest BCUT2D eigenvalue weighted by atomic mass is 16.5. The fraction of sp³-hybridized carbons (Fsp3) is 0.385. The molecular formula is C13H15NO. The largest absolute Gasteiger partial charge is 0.364 e. The zero-order valence-corrected chi connectivity index (χ0v) is 8.70. The van der Waals surface area contributed by atoms with Crippen LogP contribution in [0.1, 0.15) is 12.0 Å². The van der Waals surface area contributed by atoms with E-state index in [0.717, 1.165) is 25.1 Å². The summed E-state index contributed by atoms with van der Waals surface area (Å²) in [7, 11) is 0. The third-order valence-electron chi connectivity index (χ3n) is 2.41. The third kappa shape index (κ3) is 3.39. The lowest BCUT2D eigenvalue weighted by Gasteiger charge is -2.05. The fourth-order valence-electron chi connectivity index (χ4n) is 1.59. The minimum absolute atomic E-state index is 0.357. The summed E-state index contributed by atoms with van der Waals surface area (Å²) in [6.07, 6.45) is 1.46. The number of benzene rings is 1. The van der Waals surface area contributed by atoms with Crippen LogP contribution in [0.3, 0.4) is 0 Å². The van der Waals surface area contributed by atoms with Crippen molar-refractivity contribution in [1.82, 2.24) is 5.32 Å². The predicted octanol–water partition coefficient (Wildman–Crippen LogP) is 1.42. The van der Waals surface area contributed by atoms with Crippen LogP contribution in [0.4, 0.5) is 0 Å². The van der Waals surface area contributed by atoms with Gasteiger partial charge in [-0.3, -0.25) is 0 Å². The average molecular weight is 201 g/mol. The summed E-state index contributed by atoms with van der Waals surface area (Å²) in [5.41, 5.74) is 1.05. The predicted molar refractivity (Wildman–Crippen MR) is 60.5 cm³/mol. The first-order chi connectivity index (χ1) is 7.45. The number of ether oxygens (including phenoxy) is 1. The maximum atomic E-state index is 5.59. The summed E-state index contributed by atoms with van der Waals surface area (Å²) in [4.78, 5) is 0. The molecule has 1 unspecified atom stereocenters. The van der Waals surface area contributed by atoms with E-state index in [1.807, 2.05) is 30.3 Å². The summed E-state index contributed by atoms with van der Waals surface area (Å²) >= 11 is 0. The molecule has 0 amide bonds. The minimum atomic E-state index is 0.357. The molecule has 0 radical (unpaired) electrons. The Morgan fingerprint density at radius 2 is 2.20 bits per heavy atom. The first-order valence-electron chi connectivity index (χ1n) is 5.31. The Morgan fingerprint density at radius 1 is 1.33 bits per heavy atom. The Morgan fingerprint density at radius 3 is 2.93 bits per heavy atom. The van der Waals surface area contributed by atoms with Crippen LogP contribution in [0.15, 0.2) is 30.3 Å². The maximum absolute atomic E-state index is 5.59. The Labute approximate surface area is 90.6 Å². The molecule has 2 heteroatoms. The number of rotatable bonds is 2. The molecule has 1 aromatic rings.